The molecule has 0 radical (unpaired) electrons. The molecule has 0 fully saturated rings. The predicted octanol–water partition coefficient (Wildman–Crippen LogP) is 11.6. The summed E-state index contributed by atoms with van der Waals surface area (Å²) in [5.41, 5.74) is 6.10. The Balaban J connectivity index is 1.28. The molecule has 0 saturated heterocycles. The molecule has 3 heterocycles. The van der Waals surface area contributed by atoms with Crippen LogP contribution in [-0.2, 0) is 0 Å². The summed E-state index contributed by atoms with van der Waals surface area (Å²) in [5, 5.41) is 7.09. The Bertz CT molecular complexity index is 2470. The van der Waals surface area contributed by atoms with Gasteiger partial charge in [0.1, 0.15) is 5.58 Å². The maximum Gasteiger partial charge on any atom is 0.181 e. The van der Waals surface area contributed by atoms with Gasteiger partial charge in [-0.15, -0.1) is 11.3 Å². The van der Waals surface area contributed by atoms with Crippen LogP contribution in [0.5, 0.6) is 0 Å². The average Bonchev–Trinajstić information content (AvgIpc) is 3.64. The van der Waals surface area contributed by atoms with Gasteiger partial charge in [0.25, 0.3) is 0 Å². The second-order valence-corrected chi connectivity index (χ2v) is 11.9. The molecule has 0 amide bonds. The molecule has 0 atom stereocenters. The number of pyridine rings is 1. The number of furan rings is 1. The van der Waals surface area contributed by atoms with Crippen LogP contribution in [0.4, 0.5) is 17.2 Å². The van der Waals surface area contributed by atoms with Crippen molar-refractivity contribution >= 4 is 81.4 Å². The molecular formula is C39H24N2OS. The minimum atomic E-state index is 0.773. The Morgan fingerprint density at radius 1 is 0.558 bits per heavy atom. The zero-order valence-corrected chi connectivity index (χ0v) is 23.9. The third-order valence-corrected chi connectivity index (χ3v) is 9.45. The van der Waals surface area contributed by atoms with Crippen molar-refractivity contribution in [3.63, 3.8) is 0 Å². The van der Waals surface area contributed by atoms with Crippen molar-refractivity contribution in [1.29, 1.82) is 0 Å². The second kappa shape index (κ2) is 9.55. The Kier molecular flexibility index (Phi) is 5.37. The number of hydrogen-bond donors (Lipinski definition) is 0. The van der Waals surface area contributed by atoms with E-state index in [4.69, 9.17) is 9.40 Å². The van der Waals surface area contributed by atoms with Gasteiger partial charge in [-0.1, -0.05) is 91.0 Å². The lowest BCUT2D eigenvalue weighted by Gasteiger charge is -2.25. The molecule has 202 valence electrons. The first kappa shape index (κ1) is 24.2. The van der Waals surface area contributed by atoms with Gasteiger partial charge in [-0.05, 0) is 70.4 Å². The quantitative estimate of drug-likeness (QED) is 0.211. The number of nitrogens with zero attached hydrogens (tertiary/aromatic N) is 2. The highest BCUT2D eigenvalue weighted by Gasteiger charge is 2.23. The average molecular weight is 569 g/mol. The van der Waals surface area contributed by atoms with Gasteiger partial charge in [-0.25, -0.2) is 4.98 Å². The molecule has 0 aliphatic heterocycles. The molecule has 0 unspecified atom stereocenters. The summed E-state index contributed by atoms with van der Waals surface area (Å²) in [4.78, 5) is 7.24. The van der Waals surface area contributed by atoms with E-state index in [1.807, 2.05) is 35.7 Å². The zero-order chi connectivity index (χ0) is 28.3. The lowest BCUT2D eigenvalue weighted by atomic mass is 10.0. The molecule has 0 N–H and O–H groups in total. The summed E-state index contributed by atoms with van der Waals surface area (Å²) < 4.78 is 9.03. The van der Waals surface area contributed by atoms with Gasteiger partial charge >= 0.3 is 0 Å². The number of anilines is 3. The fourth-order valence-electron chi connectivity index (χ4n) is 6.29. The van der Waals surface area contributed by atoms with E-state index in [-0.39, 0.29) is 0 Å². The van der Waals surface area contributed by atoms with E-state index in [1.54, 1.807) is 0 Å². The van der Waals surface area contributed by atoms with Crippen LogP contribution in [0.1, 0.15) is 0 Å². The fraction of sp³-hybridized carbons (Fsp3) is 0. The maximum absolute atomic E-state index is 6.52. The van der Waals surface area contributed by atoms with Gasteiger partial charge in [0, 0.05) is 42.8 Å². The molecule has 4 heteroatoms. The molecule has 0 bridgehead atoms. The van der Waals surface area contributed by atoms with E-state index in [2.05, 4.69) is 126 Å². The first-order chi connectivity index (χ1) is 21.3. The lowest BCUT2D eigenvalue weighted by Crippen LogP contribution is -2.12. The standard InChI is InChI=1S/C39H24N2OS/c1-2-9-27-24-28(17-16-25(27)8-1)26-18-20-29(21-19-26)41(33-12-7-15-36-37(33)32-11-4-6-14-35(32)43-36)39-38-31(22-23-40-39)30-10-3-5-13-34(30)42-38/h1-24H. The van der Waals surface area contributed by atoms with Crippen molar-refractivity contribution in [2.24, 2.45) is 0 Å². The number of fused-ring (bicyclic) bond motifs is 7. The third kappa shape index (κ3) is 3.84. The molecule has 9 aromatic rings. The minimum Gasteiger partial charge on any atom is -0.452 e. The van der Waals surface area contributed by atoms with Crippen LogP contribution >= 0.6 is 11.3 Å². The van der Waals surface area contributed by atoms with E-state index in [0.29, 0.717) is 0 Å². The molecule has 0 aliphatic carbocycles. The topological polar surface area (TPSA) is 29.3 Å². The highest BCUT2D eigenvalue weighted by molar-refractivity contribution is 7.26. The first-order valence-corrected chi connectivity index (χ1v) is 15.2. The number of benzene rings is 6. The first-order valence-electron chi connectivity index (χ1n) is 14.4. The lowest BCUT2D eigenvalue weighted by molar-refractivity contribution is 0.667. The normalized spacial score (nSPS) is 11.7. The number of para-hydroxylation sites is 1. The van der Waals surface area contributed by atoms with E-state index >= 15 is 0 Å². The van der Waals surface area contributed by atoms with Crippen molar-refractivity contribution in [3.8, 4) is 11.1 Å². The zero-order valence-electron chi connectivity index (χ0n) is 23.1. The van der Waals surface area contributed by atoms with Crippen LogP contribution < -0.4 is 4.90 Å². The largest absolute Gasteiger partial charge is 0.452 e. The minimum absolute atomic E-state index is 0.773. The van der Waals surface area contributed by atoms with Gasteiger partial charge in [0.15, 0.2) is 11.4 Å². The maximum atomic E-state index is 6.52. The van der Waals surface area contributed by atoms with Crippen molar-refractivity contribution in [3.05, 3.63) is 146 Å². The van der Waals surface area contributed by atoms with Crippen LogP contribution in [0.25, 0.3) is 64.0 Å². The van der Waals surface area contributed by atoms with Crippen molar-refractivity contribution in [2.75, 3.05) is 4.90 Å². The van der Waals surface area contributed by atoms with Gasteiger partial charge in [-0.3, -0.25) is 4.90 Å². The SMILES string of the molecule is c1ccc2cc(-c3ccc(N(c4nccc5c4oc4ccccc45)c4cccc5sc6ccccc6c45)cc3)ccc2c1. The molecule has 3 nitrogen and oxygen atoms in total. The molecule has 6 aromatic carbocycles. The summed E-state index contributed by atoms with van der Waals surface area (Å²) in [5.74, 6) is 0.773. The van der Waals surface area contributed by atoms with E-state index in [1.165, 1.54) is 42.1 Å². The van der Waals surface area contributed by atoms with Gasteiger partial charge < -0.3 is 4.42 Å². The second-order valence-electron chi connectivity index (χ2n) is 10.8. The van der Waals surface area contributed by atoms with E-state index in [0.717, 1.165) is 39.1 Å². The van der Waals surface area contributed by atoms with Gasteiger partial charge in [-0.2, -0.15) is 0 Å². The van der Waals surface area contributed by atoms with E-state index in [9.17, 15) is 0 Å². The Labute approximate surface area is 251 Å². The molecule has 0 aliphatic rings. The van der Waals surface area contributed by atoms with Crippen LogP contribution in [-0.4, -0.2) is 4.98 Å². The molecule has 3 aromatic heterocycles. The molecule has 43 heavy (non-hydrogen) atoms. The number of aromatic nitrogens is 1. The molecule has 0 spiro atoms. The predicted molar refractivity (Wildman–Crippen MR) is 182 cm³/mol. The summed E-state index contributed by atoms with van der Waals surface area (Å²) >= 11 is 1.82. The van der Waals surface area contributed by atoms with Crippen molar-refractivity contribution in [2.45, 2.75) is 0 Å². The Morgan fingerprint density at radius 3 is 2.21 bits per heavy atom. The highest BCUT2D eigenvalue weighted by atomic mass is 32.1. The summed E-state index contributed by atoms with van der Waals surface area (Å²) in [7, 11) is 0. The monoisotopic (exact) mass is 568 g/mol. The van der Waals surface area contributed by atoms with Crippen molar-refractivity contribution in [1.82, 2.24) is 4.98 Å². The number of rotatable bonds is 4. The number of hydrogen-bond acceptors (Lipinski definition) is 4. The molecule has 9 rings (SSSR count). The van der Waals surface area contributed by atoms with Crippen LogP contribution in [0.15, 0.2) is 150 Å². The Hall–Kier alpha value is -5.45. The highest BCUT2D eigenvalue weighted by Crippen LogP contribution is 2.46. The van der Waals surface area contributed by atoms with Crippen LogP contribution in [0.3, 0.4) is 0 Å². The summed E-state index contributed by atoms with van der Waals surface area (Å²) in [6.45, 7) is 0. The summed E-state index contributed by atoms with van der Waals surface area (Å²) in [6.07, 6.45) is 1.89. The summed E-state index contributed by atoms with van der Waals surface area (Å²) in [6, 6.07) is 49.4. The van der Waals surface area contributed by atoms with Crippen LogP contribution in [0, 0.1) is 0 Å². The van der Waals surface area contributed by atoms with Crippen LogP contribution in [0.2, 0.25) is 0 Å². The third-order valence-electron chi connectivity index (χ3n) is 8.32. The molecular weight excluding hydrogens is 545 g/mol. The molecule has 0 saturated carbocycles. The van der Waals surface area contributed by atoms with E-state index < -0.39 is 0 Å². The number of thiophene rings is 1. The van der Waals surface area contributed by atoms with Gasteiger partial charge in [0.05, 0.1) is 5.69 Å². The fourth-order valence-corrected chi connectivity index (χ4v) is 7.41. The Morgan fingerprint density at radius 2 is 1.30 bits per heavy atom. The van der Waals surface area contributed by atoms with Crippen molar-refractivity contribution < 1.29 is 4.42 Å². The smallest absolute Gasteiger partial charge is 0.181 e. The van der Waals surface area contributed by atoms with Gasteiger partial charge in [0.2, 0.25) is 0 Å².